The van der Waals surface area contributed by atoms with E-state index in [0.717, 1.165) is 6.61 Å². The molecule has 1 heterocycles. The maximum Gasteiger partial charge on any atom is 0.241 e. The van der Waals surface area contributed by atoms with Gasteiger partial charge in [0.1, 0.15) is 6.04 Å². The summed E-state index contributed by atoms with van der Waals surface area (Å²) in [5.41, 5.74) is 0. The lowest BCUT2D eigenvalue weighted by molar-refractivity contribution is -0.123. The molecule has 1 saturated carbocycles. The average Bonchev–Trinajstić information content (AvgIpc) is 3.05. The molecule has 2 rings (SSSR count). The number of aromatic nitrogens is 2. The van der Waals surface area contributed by atoms with Gasteiger partial charge in [0, 0.05) is 14.5 Å². The maximum atomic E-state index is 11.7. The van der Waals surface area contributed by atoms with Gasteiger partial charge in [0.15, 0.2) is 0 Å². The summed E-state index contributed by atoms with van der Waals surface area (Å²) in [6.45, 7) is 4.48. The molecule has 0 spiro atoms. The number of nitrogens with one attached hydrogen (secondary N) is 1. The van der Waals surface area contributed by atoms with Crippen molar-refractivity contribution in [1.82, 2.24) is 15.5 Å². The molecule has 1 aromatic rings. The minimum atomic E-state index is -0.386. The summed E-state index contributed by atoms with van der Waals surface area (Å²) < 4.78 is 11.2. The molecule has 1 aliphatic rings. The third-order valence-corrected chi connectivity index (χ3v) is 4.07. The fourth-order valence-corrected chi connectivity index (χ4v) is 2.71. The molecular weight excluding hydrogens is 270 g/mol. The van der Waals surface area contributed by atoms with Crippen LogP contribution >= 0.6 is 0 Å². The number of nitrogens with zero attached hydrogens (tertiary/aromatic N) is 2. The molecule has 6 nitrogen and oxygen atoms in total. The zero-order chi connectivity index (χ0) is 15.1. The molecular formula is C15H27N3O3. The summed E-state index contributed by atoms with van der Waals surface area (Å²) in [4.78, 5) is 11.7. The van der Waals surface area contributed by atoms with Crippen LogP contribution in [0.2, 0.25) is 0 Å². The van der Waals surface area contributed by atoms with Crippen molar-refractivity contribution in [3.8, 4) is 0 Å². The van der Waals surface area contributed by atoms with Gasteiger partial charge in [0.25, 0.3) is 0 Å². The van der Waals surface area contributed by atoms with Gasteiger partial charge in [-0.15, -0.1) is 10.2 Å². The minimum Gasteiger partial charge on any atom is -0.426 e. The highest BCUT2D eigenvalue weighted by Crippen LogP contribution is 2.25. The molecule has 21 heavy (non-hydrogen) atoms. The molecule has 2 atom stereocenters. The largest absolute Gasteiger partial charge is 0.426 e. The third-order valence-electron chi connectivity index (χ3n) is 4.07. The number of amides is 1. The van der Waals surface area contributed by atoms with E-state index in [4.69, 9.17) is 9.15 Å². The topological polar surface area (TPSA) is 77.3 Å². The van der Waals surface area contributed by atoms with Crippen LogP contribution in [-0.2, 0) is 9.53 Å². The zero-order valence-corrected chi connectivity index (χ0v) is 12.9. The summed E-state index contributed by atoms with van der Waals surface area (Å²) in [6.07, 6.45) is 7.89. The van der Waals surface area contributed by atoms with E-state index in [-0.39, 0.29) is 19.5 Å². The molecule has 2 unspecified atom stereocenters. The zero-order valence-electron chi connectivity index (χ0n) is 12.9. The Hall–Kier alpha value is -1.43. The van der Waals surface area contributed by atoms with Crippen LogP contribution in [0, 0.1) is 5.92 Å². The Kier molecular flexibility index (Phi) is 6.17. The number of hydrogen-bond acceptors (Lipinski definition) is 5. The van der Waals surface area contributed by atoms with E-state index in [1.54, 1.807) is 0 Å². The van der Waals surface area contributed by atoms with Gasteiger partial charge in [0.05, 0.1) is 6.10 Å². The summed E-state index contributed by atoms with van der Waals surface area (Å²) in [5.74, 6) is 0.977. The second-order valence-corrected chi connectivity index (χ2v) is 5.72. The van der Waals surface area contributed by atoms with Crippen LogP contribution in [0.15, 0.2) is 10.8 Å². The van der Waals surface area contributed by atoms with Crippen molar-refractivity contribution in [2.75, 3.05) is 6.61 Å². The van der Waals surface area contributed by atoms with Gasteiger partial charge < -0.3 is 14.5 Å². The summed E-state index contributed by atoms with van der Waals surface area (Å²) in [5, 5.41) is 10.5. The molecule has 0 aliphatic heterocycles. The SMILES string of the molecule is CCC(=O)NC(c1nnco1)C(C)OCC1CCCCC1.[HH]. The lowest BCUT2D eigenvalue weighted by atomic mass is 9.90. The highest BCUT2D eigenvalue weighted by atomic mass is 16.5. The number of hydrogen-bond donors (Lipinski definition) is 1. The lowest BCUT2D eigenvalue weighted by Crippen LogP contribution is -2.37. The molecule has 0 radical (unpaired) electrons. The Morgan fingerprint density at radius 3 is 2.90 bits per heavy atom. The highest BCUT2D eigenvalue weighted by Gasteiger charge is 2.27. The van der Waals surface area contributed by atoms with Gasteiger partial charge in [0.2, 0.25) is 18.2 Å². The van der Waals surface area contributed by atoms with Crippen molar-refractivity contribution < 1.29 is 15.4 Å². The molecule has 0 aromatic carbocycles. The minimum absolute atomic E-state index is 0. The van der Waals surface area contributed by atoms with Gasteiger partial charge in [-0.2, -0.15) is 0 Å². The number of ether oxygens (including phenoxy) is 1. The van der Waals surface area contributed by atoms with E-state index in [1.165, 1.54) is 38.5 Å². The van der Waals surface area contributed by atoms with E-state index in [2.05, 4.69) is 15.5 Å². The van der Waals surface area contributed by atoms with E-state index >= 15 is 0 Å². The van der Waals surface area contributed by atoms with Crippen molar-refractivity contribution in [3.05, 3.63) is 12.3 Å². The van der Waals surface area contributed by atoms with Crippen molar-refractivity contribution >= 4 is 5.91 Å². The summed E-state index contributed by atoms with van der Waals surface area (Å²) in [7, 11) is 0. The summed E-state index contributed by atoms with van der Waals surface area (Å²) in [6, 6.07) is -0.386. The van der Waals surface area contributed by atoms with Crippen LogP contribution in [0.1, 0.15) is 65.7 Å². The monoisotopic (exact) mass is 297 g/mol. The van der Waals surface area contributed by atoms with Crippen molar-refractivity contribution in [1.29, 1.82) is 0 Å². The number of carbonyl (C=O) groups is 1. The van der Waals surface area contributed by atoms with Crippen LogP contribution in [0.5, 0.6) is 0 Å². The van der Waals surface area contributed by atoms with E-state index in [1.807, 2.05) is 13.8 Å². The highest BCUT2D eigenvalue weighted by molar-refractivity contribution is 5.75. The Morgan fingerprint density at radius 2 is 2.29 bits per heavy atom. The normalized spacial score (nSPS) is 19.1. The number of rotatable bonds is 7. The summed E-state index contributed by atoms with van der Waals surface area (Å²) >= 11 is 0. The van der Waals surface area contributed by atoms with E-state index in [0.29, 0.717) is 18.2 Å². The van der Waals surface area contributed by atoms with Gasteiger partial charge in [-0.25, -0.2) is 0 Å². The molecule has 1 N–H and O–H groups in total. The van der Waals surface area contributed by atoms with Crippen molar-refractivity contribution in [2.24, 2.45) is 5.92 Å². The maximum absolute atomic E-state index is 11.7. The first-order valence-corrected chi connectivity index (χ1v) is 7.87. The molecule has 1 aliphatic carbocycles. The fourth-order valence-electron chi connectivity index (χ4n) is 2.71. The van der Waals surface area contributed by atoms with Gasteiger partial charge in [-0.3, -0.25) is 4.79 Å². The predicted molar refractivity (Wildman–Crippen MR) is 79.6 cm³/mol. The number of carbonyl (C=O) groups excluding carboxylic acids is 1. The molecule has 1 amide bonds. The molecule has 0 bridgehead atoms. The molecule has 1 aromatic heterocycles. The first-order chi connectivity index (χ1) is 10.2. The lowest BCUT2D eigenvalue weighted by Gasteiger charge is -2.26. The van der Waals surface area contributed by atoms with Gasteiger partial charge in [-0.05, 0) is 25.7 Å². The van der Waals surface area contributed by atoms with Crippen LogP contribution in [-0.4, -0.2) is 28.8 Å². The first kappa shape index (κ1) is 15.9. The second kappa shape index (κ2) is 8.12. The Labute approximate surface area is 127 Å². The second-order valence-electron chi connectivity index (χ2n) is 5.72. The van der Waals surface area contributed by atoms with Crippen LogP contribution in [0.4, 0.5) is 0 Å². The van der Waals surface area contributed by atoms with E-state index < -0.39 is 0 Å². The van der Waals surface area contributed by atoms with Crippen molar-refractivity contribution in [3.63, 3.8) is 0 Å². The van der Waals surface area contributed by atoms with E-state index in [9.17, 15) is 4.79 Å². The Balaban J connectivity index is 0.00000242. The third kappa shape index (κ3) is 4.81. The van der Waals surface area contributed by atoms with Crippen LogP contribution in [0.25, 0.3) is 0 Å². The first-order valence-electron chi connectivity index (χ1n) is 7.87. The van der Waals surface area contributed by atoms with Crippen LogP contribution < -0.4 is 5.32 Å². The fraction of sp³-hybridized carbons (Fsp3) is 0.800. The standard InChI is InChI=1S/C15H25N3O3.H2/c1-3-13(19)17-14(15-18-16-10-21-15)11(2)20-9-12-7-5-4-6-8-12;/h10-12,14H,3-9H2,1-2H3,(H,17,19);1H. The Bertz CT molecular complexity index is 422. The average molecular weight is 297 g/mol. The van der Waals surface area contributed by atoms with Crippen LogP contribution in [0.3, 0.4) is 0 Å². The quantitative estimate of drug-likeness (QED) is 0.837. The Morgan fingerprint density at radius 1 is 1.52 bits per heavy atom. The molecule has 6 heteroatoms. The van der Waals surface area contributed by atoms with Crippen molar-refractivity contribution in [2.45, 2.75) is 64.5 Å². The smallest absolute Gasteiger partial charge is 0.241 e. The molecule has 0 saturated heterocycles. The predicted octanol–water partition coefficient (Wildman–Crippen LogP) is 2.87. The molecule has 120 valence electrons. The van der Waals surface area contributed by atoms with Gasteiger partial charge >= 0.3 is 0 Å². The van der Waals surface area contributed by atoms with Gasteiger partial charge in [-0.1, -0.05) is 26.2 Å². The molecule has 1 fully saturated rings.